The fourth-order valence-electron chi connectivity index (χ4n) is 2.91. The van der Waals surface area contributed by atoms with Crippen molar-refractivity contribution in [3.63, 3.8) is 0 Å². The van der Waals surface area contributed by atoms with E-state index in [2.05, 4.69) is 25.5 Å². The summed E-state index contributed by atoms with van der Waals surface area (Å²) in [4.78, 5) is 22.6. The first-order valence-corrected chi connectivity index (χ1v) is 8.99. The molecule has 2 heterocycles. The first kappa shape index (κ1) is 18.8. The summed E-state index contributed by atoms with van der Waals surface area (Å²) in [5.74, 6) is 1.57. The third kappa shape index (κ3) is 5.47. The molecule has 1 aliphatic heterocycles. The largest absolute Gasteiger partial charge is 0.444 e. The number of rotatable bonds is 4. The molecule has 1 unspecified atom stereocenters. The van der Waals surface area contributed by atoms with Crippen LogP contribution in [-0.4, -0.2) is 40.8 Å². The minimum atomic E-state index is -0.512. The zero-order valence-corrected chi connectivity index (χ0v) is 15.9. The maximum absolute atomic E-state index is 12.0. The maximum Gasteiger partial charge on any atom is 0.407 e. The number of anilines is 4. The van der Waals surface area contributed by atoms with Crippen LogP contribution in [0.1, 0.15) is 27.2 Å². The molecule has 1 fully saturated rings. The van der Waals surface area contributed by atoms with Crippen LogP contribution < -0.4 is 21.3 Å². The summed E-state index contributed by atoms with van der Waals surface area (Å²) in [5, 5.41) is 6.14. The van der Waals surface area contributed by atoms with Crippen LogP contribution in [0.3, 0.4) is 0 Å². The van der Waals surface area contributed by atoms with Gasteiger partial charge in [-0.25, -0.2) is 4.79 Å². The predicted octanol–water partition coefficient (Wildman–Crippen LogP) is 2.91. The van der Waals surface area contributed by atoms with Gasteiger partial charge in [-0.05, 0) is 39.3 Å². The van der Waals surface area contributed by atoms with Crippen LogP contribution in [0.5, 0.6) is 0 Å². The van der Waals surface area contributed by atoms with Gasteiger partial charge in [-0.2, -0.15) is 9.97 Å². The van der Waals surface area contributed by atoms with Crippen LogP contribution in [0.2, 0.25) is 0 Å². The van der Waals surface area contributed by atoms with Gasteiger partial charge in [0, 0.05) is 24.8 Å². The highest BCUT2D eigenvalue weighted by molar-refractivity contribution is 5.68. The number of nitrogens with one attached hydrogen (secondary N) is 2. The molecule has 0 bridgehead atoms. The lowest BCUT2D eigenvalue weighted by molar-refractivity contribution is 0.0509. The third-order valence-corrected chi connectivity index (χ3v) is 4.01. The average molecular weight is 370 g/mol. The summed E-state index contributed by atoms with van der Waals surface area (Å²) in [6.07, 6.45) is 0.410. The lowest BCUT2D eigenvalue weighted by Gasteiger charge is -2.22. The van der Waals surface area contributed by atoms with Gasteiger partial charge in [0.2, 0.25) is 5.95 Å². The molecule has 0 radical (unpaired) electrons. The van der Waals surface area contributed by atoms with E-state index in [1.54, 1.807) is 0 Å². The van der Waals surface area contributed by atoms with Crippen molar-refractivity contribution in [3.8, 4) is 0 Å². The number of carbonyl (C=O) groups is 1. The van der Waals surface area contributed by atoms with E-state index >= 15 is 0 Å². The van der Waals surface area contributed by atoms with E-state index in [9.17, 15) is 4.79 Å². The quantitative estimate of drug-likeness (QED) is 0.760. The van der Waals surface area contributed by atoms with Gasteiger partial charge in [0.25, 0.3) is 0 Å². The number of benzene rings is 1. The van der Waals surface area contributed by atoms with E-state index in [1.165, 1.54) is 0 Å². The van der Waals surface area contributed by atoms with Crippen molar-refractivity contribution < 1.29 is 9.53 Å². The molecule has 1 aliphatic rings. The molecule has 8 nitrogen and oxygen atoms in total. The number of ether oxygens (including phenoxy) is 1. The summed E-state index contributed by atoms with van der Waals surface area (Å²) in [7, 11) is 0. The molecule has 27 heavy (non-hydrogen) atoms. The Hall–Kier alpha value is -3.03. The second-order valence-electron chi connectivity index (χ2n) is 7.54. The molecule has 1 atom stereocenters. The number of nitrogen functional groups attached to an aromatic ring is 1. The molecular formula is C19H26N6O2. The molecule has 1 aromatic carbocycles. The van der Waals surface area contributed by atoms with Crippen molar-refractivity contribution in [2.75, 3.05) is 29.0 Å². The molecule has 1 aromatic heterocycles. The van der Waals surface area contributed by atoms with Crippen molar-refractivity contribution in [2.24, 2.45) is 0 Å². The van der Waals surface area contributed by atoms with Gasteiger partial charge >= 0.3 is 6.09 Å². The topological polar surface area (TPSA) is 105 Å². The minimum Gasteiger partial charge on any atom is -0.444 e. The molecule has 1 saturated heterocycles. The third-order valence-electron chi connectivity index (χ3n) is 4.01. The van der Waals surface area contributed by atoms with Gasteiger partial charge in [-0.1, -0.05) is 18.2 Å². The fraction of sp³-hybridized carbons (Fsp3) is 0.421. The lowest BCUT2D eigenvalue weighted by atomic mass is 10.2. The highest BCUT2D eigenvalue weighted by atomic mass is 16.6. The van der Waals surface area contributed by atoms with Gasteiger partial charge in [0.15, 0.2) is 0 Å². The Balaban J connectivity index is 1.64. The number of hydrogen-bond donors (Lipinski definition) is 3. The molecule has 3 rings (SSSR count). The van der Waals surface area contributed by atoms with Crippen LogP contribution in [-0.2, 0) is 4.74 Å². The highest BCUT2D eigenvalue weighted by Gasteiger charge is 2.27. The summed E-state index contributed by atoms with van der Waals surface area (Å²) in [6.45, 7) is 6.94. The molecule has 144 valence electrons. The Kier molecular flexibility index (Phi) is 5.34. The van der Waals surface area contributed by atoms with Crippen LogP contribution in [0.25, 0.3) is 0 Å². The van der Waals surface area contributed by atoms with Crippen LogP contribution >= 0.6 is 0 Å². The lowest BCUT2D eigenvalue weighted by Crippen LogP contribution is -2.40. The normalized spacial score (nSPS) is 16.9. The number of nitrogens with two attached hydrogens (primary N) is 1. The molecule has 0 aliphatic carbocycles. The molecular weight excluding hydrogens is 344 g/mol. The zero-order valence-electron chi connectivity index (χ0n) is 15.9. The smallest absolute Gasteiger partial charge is 0.407 e. The maximum atomic E-state index is 12.0. The SMILES string of the molecule is CC(C)(C)OC(=O)NC1CCN(c2cc(Nc3ccccc3)nc(N)n2)C1. The minimum absolute atomic E-state index is 0.00146. The van der Waals surface area contributed by atoms with Crippen LogP contribution in [0, 0.1) is 0 Å². The van der Waals surface area contributed by atoms with Crippen molar-refractivity contribution in [3.05, 3.63) is 36.4 Å². The van der Waals surface area contributed by atoms with E-state index in [4.69, 9.17) is 10.5 Å². The molecule has 8 heteroatoms. The number of hydrogen-bond acceptors (Lipinski definition) is 7. The molecule has 2 aromatic rings. The molecule has 0 saturated carbocycles. The fourth-order valence-corrected chi connectivity index (χ4v) is 2.91. The first-order chi connectivity index (χ1) is 12.8. The zero-order chi connectivity index (χ0) is 19.4. The van der Waals surface area contributed by atoms with Crippen molar-refractivity contribution in [1.29, 1.82) is 0 Å². The van der Waals surface area contributed by atoms with Gasteiger partial charge < -0.3 is 26.0 Å². The number of aromatic nitrogens is 2. The Bertz CT molecular complexity index is 791. The number of nitrogens with zero attached hydrogens (tertiary/aromatic N) is 3. The predicted molar refractivity (Wildman–Crippen MR) is 106 cm³/mol. The molecule has 4 N–H and O–H groups in total. The average Bonchev–Trinajstić information content (AvgIpc) is 3.02. The summed E-state index contributed by atoms with van der Waals surface area (Å²) >= 11 is 0. The second kappa shape index (κ2) is 7.69. The summed E-state index contributed by atoms with van der Waals surface area (Å²) < 4.78 is 5.32. The Morgan fingerprint density at radius 1 is 1.26 bits per heavy atom. The highest BCUT2D eigenvalue weighted by Crippen LogP contribution is 2.24. The van der Waals surface area contributed by atoms with E-state index < -0.39 is 11.7 Å². The Morgan fingerprint density at radius 3 is 2.70 bits per heavy atom. The number of carbonyl (C=O) groups excluding carboxylic acids is 1. The standard InChI is InChI=1S/C19H26N6O2/c1-19(2,3)27-18(26)22-14-9-10-25(12-14)16-11-15(23-17(20)24-16)21-13-7-5-4-6-8-13/h4-8,11,14H,9-10,12H2,1-3H3,(H,22,26)(H3,20,21,23,24). The summed E-state index contributed by atoms with van der Waals surface area (Å²) in [6, 6.07) is 11.6. The monoisotopic (exact) mass is 370 g/mol. The van der Waals surface area contributed by atoms with Gasteiger partial charge in [0.1, 0.15) is 17.2 Å². The van der Waals surface area contributed by atoms with E-state index in [0.29, 0.717) is 12.4 Å². The van der Waals surface area contributed by atoms with Crippen molar-refractivity contribution >= 4 is 29.4 Å². The molecule has 0 spiro atoms. The number of para-hydroxylation sites is 1. The van der Waals surface area contributed by atoms with Crippen LogP contribution in [0.15, 0.2) is 36.4 Å². The Labute approximate surface area is 159 Å². The molecule has 1 amide bonds. The van der Waals surface area contributed by atoms with Gasteiger partial charge in [-0.15, -0.1) is 0 Å². The van der Waals surface area contributed by atoms with Crippen molar-refractivity contribution in [2.45, 2.75) is 38.8 Å². The van der Waals surface area contributed by atoms with E-state index in [-0.39, 0.29) is 12.0 Å². The van der Waals surface area contributed by atoms with Crippen molar-refractivity contribution in [1.82, 2.24) is 15.3 Å². The number of amides is 1. The van der Waals surface area contributed by atoms with Gasteiger partial charge in [0.05, 0.1) is 6.04 Å². The van der Waals surface area contributed by atoms with E-state index in [1.807, 2.05) is 57.2 Å². The first-order valence-electron chi connectivity index (χ1n) is 8.99. The Morgan fingerprint density at radius 2 is 2.00 bits per heavy atom. The van der Waals surface area contributed by atoms with Gasteiger partial charge in [-0.3, -0.25) is 0 Å². The second-order valence-corrected chi connectivity index (χ2v) is 7.54. The van der Waals surface area contributed by atoms with Crippen LogP contribution in [0.4, 0.5) is 28.1 Å². The number of alkyl carbamates (subject to hydrolysis) is 1. The summed E-state index contributed by atoms with van der Waals surface area (Å²) in [5.41, 5.74) is 6.30. The van der Waals surface area contributed by atoms with E-state index in [0.717, 1.165) is 24.5 Å².